The SMILES string of the molecule is CC(C)(O)CCCS(=O)(=O)N1CC=C(c2ccc3nc(OC4CCN(c5ncc(F)cn5)CC4)sc3c2)CC1. The topological polar surface area (TPSA) is 109 Å². The van der Waals surface area contributed by atoms with Gasteiger partial charge in [0.05, 0.1) is 34.0 Å². The summed E-state index contributed by atoms with van der Waals surface area (Å²) in [5, 5.41) is 10.5. The fraction of sp³-hybridized carbons (Fsp3) is 0.519. The number of anilines is 1. The van der Waals surface area contributed by atoms with E-state index in [1.165, 1.54) is 28.0 Å². The molecule has 0 unspecified atom stereocenters. The second kappa shape index (κ2) is 11.4. The van der Waals surface area contributed by atoms with Crippen LogP contribution < -0.4 is 9.64 Å². The van der Waals surface area contributed by atoms with E-state index in [2.05, 4.69) is 21.0 Å². The van der Waals surface area contributed by atoms with Crippen LogP contribution in [-0.2, 0) is 10.0 Å². The van der Waals surface area contributed by atoms with Crippen LogP contribution >= 0.6 is 11.3 Å². The molecule has 0 aliphatic carbocycles. The molecule has 12 heteroatoms. The lowest BCUT2D eigenvalue weighted by Gasteiger charge is -2.31. The van der Waals surface area contributed by atoms with E-state index in [-0.39, 0.29) is 11.9 Å². The predicted octanol–water partition coefficient (Wildman–Crippen LogP) is 4.24. The maximum Gasteiger partial charge on any atom is 0.274 e. The average molecular weight is 576 g/mol. The summed E-state index contributed by atoms with van der Waals surface area (Å²) in [5.41, 5.74) is 2.22. The van der Waals surface area contributed by atoms with E-state index in [1.54, 1.807) is 13.8 Å². The molecule has 1 aromatic carbocycles. The summed E-state index contributed by atoms with van der Waals surface area (Å²) in [7, 11) is -3.35. The van der Waals surface area contributed by atoms with E-state index in [0.717, 1.165) is 47.3 Å². The maximum atomic E-state index is 13.1. The number of hydrogen-bond donors (Lipinski definition) is 1. The van der Waals surface area contributed by atoms with E-state index in [1.807, 2.05) is 23.1 Å². The standard InChI is InChI=1S/C27H34FN5O4S2/c1-27(2,34)10-3-15-39(35,36)33-13-6-19(7-14-33)20-4-5-23-24(16-20)38-26(31-23)37-22-8-11-32(12-9-22)25-29-17-21(28)18-30-25/h4-6,16-18,22,34H,3,7-15H2,1-2H3. The van der Waals surface area contributed by atoms with Crippen molar-refractivity contribution in [1.29, 1.82) is 0 Å². The summed E-state index contributed by atoms with van der Waals surface area (Å²) in [6.07, 6.45) is 7.53. The summed E-state index contributed by atoms with van der Waals surface area (Å²) >= 11 is 1.52. The highest BCUT2D eigenvalue weighted by Crippen LogP contribution is 2.33. The first kappa shape index (κ1) is 27.9. The number of rotatable bonds is 9. The summed E-state index contributed by atoms with van der Waals surface area (Å²) in [5.74, 6) is 0.139. The molecule has 210 valence electrons. The van der Waals surface area contributed by atoms with Gasteiger partial charge in [0, 0.05) is 39.0 Å². The first-order chi connectivity index (χ1) is 18.6. The van der Waals surface area contributed by atoms with Crippen LogP contribution in [0.15, 0.2) is 36.7 Å². The Bertz CT molecular complexity index is 1430. The van der Waals surface area contributed by atoms with Crippen molar-refractivity contribution >= 4 is 43.1 Å². The Morgan fingerprint density at radius 3 is 2.59 bits per heavy atom. The number of thiazole rings is 1. The summed E-state index contributed by atoms with van der Waals surface area (Å²) < 4.78 is 47.3. The molecule has 0 spiro atoms. The van der Waals surface area contributed by atoms with Crippen LogP contribution in [0.5, 0.6) is 5.19 Å². The molecule has 4 heterocycles. The van der Waals surface area contributed by atoms with Gasteiger partial charge in [0.1, 0.15) is 6.10 Å². The van der Waals surface area contributed by atoms with Crippen molar-refractivity contribution in [2.24, 2.45) is 0 Å². The van der Waals surface area contributed by atoms with Gasteiger partial charge in [-0.05, 0) is 56.4 Å². The number of piperidine rings is 1. The Morgan fingerprint density at radius 2 is 1.92 bits per heavy atom. The quantitative estimate of drug-likeness (QED) is 0.404. The lowest BCUT2D eigenvalue weighted by Crippen LogP contribution is -2.39. The van der Waals surface area contributed by atoms with Gasteiger partial charge in [0.2, 0.25) is 16.0 Å². The van der Waals surface area contributed by atoms with E-state index in [9.17, 15) is 17.9 Å². The van der Waals surface area contributed by atoms with Gasteiger partial charge >= 0.3 is 0 Å². The lowest BCUT2D eigenvalue weighted by molar-refractivity contribution is 0.0704. The second-order valence-corrected chi connectivity index (χ2v) is 13.8. The monoisotopic (exact) mass is 575 g/mol. The normalized spacial score (nSPS) is 17.9. The predicted molar refractivity (Wildman–Crippen MR) is 151 cm³/mol. The number of sulfonamides is 1. The zero-order valence-electron chi connectivity index (χ0n) is 22.2. The molecular formula is C27H34FN5O4S2. The van der Waals surface area contributed by atoms with Crippen molar-refractivity contribution in [3.63, 3.8) is 0 Å². The van der Waals surface area contributed by atoms with E-state index < -0.39 is 21.4 Å². The Hall–Kier alpha value is -2.67. The molecule has 9 nitrogen and oxygen atoms in total. The zero-order valence-corrected chi connectivity index (χ0v) is 23.8. The maximum absolute atomic E-state index is 13.1. The van der Waals surface area contributed by atoms with Crippen LogP contribution in [0.3, 0.4) is 0 Å². The molecule has 1 N–H and O–H groups in total. The molecule has 2 aromatic heterocycles. The molecule has 2 aliphatic heterocycles. The third kappa shape index (κ3) is 7.10. The van der Waals surface area contributed by atoms with Crippen molar-refractivity contribution in [2.45, 2.75) is 57.7 Å². The number of nitrogens with zero attached hydrogens (tertiary/aromatic N) is 5. The Labute approximate surface area is 232 Å². The number of aliphatic hydroxyl groups is 1. The van der Waals surface area contributed by atoms with Gasteiger partial charge in [0.25, 0.3) is 5.19 Å². The third-order valence-electron chi connectivity index (χ3n) is 7.09. The number of benzene rings is 1. The third-order valence-corrected chi connectivity index (χ3v) is 9.93. The van der Waals surface area contributed by atoms with Gasteiger partial charge in [-0.15, -0.1) is 0 Å². The summed E-state index contributed by atoms with van der Waals surface area (Å²) in [4.78, 5) is 14.8. The number of halogens is 1. The number of ether oxygens (including phenoxy) is 1. The first-order valence-electron chi connectivity index (χ1n) is 13.3. The fourth-order valence-electron chi connectivity index (χ4n) is 4.92. The molecule has 1 fully saturated rings. The van der Waals surface area contributed by atoms with E-state index >= 15 is 0 Å². The summed E-state index contributed by atoms with van der Waals surface area (Å²) in [6, 6.07) is 6.13. The van der Waals surface area contributed by atoms with Crippen molar-refractivity contribution in [2.75, 3.05) is 36.8 Å². The average Bonchev–Trinajstić information content (AvgIpc) is 3.30. The number of aromatic nitrogens is 3. The smallest absolute Gasteiger partial charge is 0.274 e. The highest BCUT2D eigenvalue weighted by atomic mass is 32.2. The first-order valence-corrected chi connectivity index (χ1v) is 15.7. The van der Waals surface area contributed by atoms with Crippen LogP contribution in [0.4, 0.5) is 10.3 Å². The fourth-order valence-corrected chi connectivity index (χ4v) is 7.28. The molecule has 2 aliphatic rings. The molecule has 0 atom stereocenters. The van der Waals surface area contributed by atoms with Crippen molar-refractivity contribution < 1.29 is 22.7 Å². The molecule has 0 saturated carbocycles. The molecule has 39 heavy (non-hydrogen) atoms. The van der Waals surface area contributed by atoms with Gasteiger partial charge < -0.3 is 14.7 Å². The van der Waals surface area contributed by atoms with Crippen LogP contribution in [0.2, 0.25) is 0 Å². The molecule has 0 bridgehead atoms. The minimum absolute atomic E-state index is 0.0409. The largest absolute Gasteiger partial charge is 0.467 e. The molecule has 1 saturated heterocycles. The number of hydrogen-bond acceptors (Lipinski definition) is 9. The van der Waals surface area contributed by atoms with Crippen molar-refractivity contribution in [3.8, 4) is 5.19 Å². The minimum Gasteiger partial charge on any atom is -0.467 e. The molecular weight excluding hydrogens is 541 g/mol. The Kier molecular flexibility index (Phi) is 8.18. The van der Waals surface area contributed by atoms with Gasteiger partial charge in [-0.3, -0.25) is 0 Å². The zero-order chi connectivity index (χ0) is 27.6. The Morgan fingerprint density at radius 1 is 1.18 bits per heavy atom. The van der Waals surface area contributed by atoms with Crippen molar-refractivity contribution in [1.82, 2.24) is 19.3 Å². The summed E-state index contributed by atoms with van der Waals surface area (Å²) in [6.45, 7) is 5.66. The van der Waals surface area contributed by atoms with Crippen LogP contribution in [0.1, 0.15) is 51.5 Å². The van der Waals surface area contributed by atoms with Gasteiger partial charge in [-0.25, -0.2) is 27.8 Å². The molecule has 5 rings (SSSR count). The molecule has 0 radical (unpaired) electrons. The van der Waals surface area contributed by atoms with Crippen LogP contribution in [0.25, 0.3) is 15.8 Å². The van der Waals surface area contributed by atoms with Crippen LogP contribution in [-0.4, -0.2) is 76.4 Å². The van der Waals surface area contributed by atoms with E-state index in [4.69, 9.17) is 4.74 Å². The van der Waals surface area contributed by atoms with Gasteiger partial charge in [-0.2, -0.15) is 4.31 Å². The molecule has 3 aromatic rings. The second-order valence-electron chi connectivity index (χ2n) is 10.7. The van der Waals surface area contributed by atoms with Crippen LogP contribution in [0, 0.1) is 5.82 Å². The highest BCUT2D eigenvalue weighted by molar-refractivity contribution is 7.89. The Balaban J connectivity index is 1.17. The van der Waals surface area contributed by atoms with Crippen molar-refractivity contribution in [3.05, 3.63) is 48.0 Å². The highest BCUT2D eigenvalue weighted by Gasteiger charge is 2.26. The minimum atomic E-state index is -3.35. The van der Waals surface area contributed by atoms with E-state index in [0.29, 0.717) is 43.5 Å². The molecule has 0 amide bonds. The van der Waals surface area contributed by atoms with Gasteiger partial charge in [-0.1, -0.05) is 23.5 Å². The van der Waals surface area contributed by atoms with Gasteiger partial charge in [0.15, 0.2) is 5.82 Å². The lowest BCUT2D eigenvalue weighted by atomic mass is 10.0. The number of fused-ring (bicyclic) bond motifs is 1.